The van der Waals surface area contributed by atoms with Gasteiger partial charge in [0.2, 0.25) is 11.8 Å². The highest BCUT2D eigenvalue weighted by Crippen LogP contribution is 2.35. The van der Waals surface area contributed by atoms with Crippen LogP contribution < -0.4 is 15.4 Å². The maximum absolute atomic E-state index is 11.9. The fourth-order valence-corrected chi connectivity index (χ4v) is 2.17. The summed E-state index contributed by atoms with van der Waals surface area (Å²) in [6.45, 7) is 0.269. The Morgan fingerprint density at radius 1 is 1.56 bits per heavy atom. The van der Waals surface area contributed by atoms with E-state index in [1.165, 1.54) is 12.0 Å². The molecule has 96 valence electrons. The second kappa shape index (κ2) is 4.86. The topological polar surface area (TPSA) is 72.6 Å². The molecule has 0 spiro atoms. The highest BCUT2D eigenvalue weighted by atomic mass is 35.5. The van der Waals surface area contributed by atoms with Crippen molar-refractivity contribution in [2.45, 2.75) is 6.42 Å². The summed E-state index contributed by atoms with van der Waals surface area (Å²) in [5, 5.41) is 0.501. The predicted molar refractivity (Wildman–Crippen MR) is 67.7 cm³/mol. The number of carbonyl (C=O) groups excluding carboxylic acids is 2. The molecule has 2 N–H and O–H groups in total. The third-order valence-electron chi connectivity index (χ3n) is 2.96. The first-order valence-electron chi connectivity index (χ1n) is 5.46. The molecule has 0 bridgehead atoms. The molecule has 1 unspecified atom stereocenters. The number of methoxy groups -OCH3 is 1. The molecule has 1 fully saturated rings. The summed E-state index contributed by atoms with van der Waals surface area (Å²) >= 11 is 5.91. The van der Waals surface area contributed by atoms with Crippen LogP contribution in [0, 0.1) is 5.92 Å². The van der Waals surface area contributed by atoms with Crippen LogP contribution in [-0.2, 0) is 9.59 Å². The summed E-state index contributed by atoms with van der Waals surface area (Å²) in [4.78, 5) is 24.5. The predicted octanol–water partition coefficient (Wildman–Crippen LogP) is 1.19. The largest absolute Gasteiger partial charge is 0.495 e. The first kappa shape index (κ1) is 12.7. The number of hydrogen-bond acceptors (Lipinski definition) is 3. The Balaban J connectivity index is 2.34. The molecule has 0 saturated carbocycles. The van der Waals surface area contributed by atoms with Gasteiger partial charge in [-0.1, -0.05) is 11.6 Å². The Bertz CT molecular complexity index is 504. The van der Waals surface area contributed by atoms with Crippen molar-refractivity contribution in [1.29, 1.82) is 0 Å². The number of nitrogens with zero attached hydrogens (tertiary/aromatic N) is 1. The Labute approximate surface area is 109 Å². The van der Waals surface area contributed by atoms with Crippen LogP contribution in [0.2, 0.25) is 5.02 Å². The molecular formula is C12H13ClN2O3. The zero-order chi connectivity index (χ0) is 13.3. The van der Waals surface area contributed by atoms with Crippen LogP contribution in [0.1, 0.15) is 6.42 Å². The summed E-state index contributed by atoms with van der Waals surface area (Å²) in [7, 11) is 1.51. The minimum absolute atomic E-state index is 0.130. The highest BCUT2D eigenvalue weighted by molar-refractivity contribution is 6.31. The van der Waals surface area contributed by atoms with Crippen LogP contribution in [0.4, 0.5) is 5.69 Å². The summed E-state index contributed by atoms with van der Waals surface area (Å²) in [5.41, 5.74) is 5.79. The normalized spacial score (nSPS) is 19.1. The van der Waals surface area contributed by atoms with E-state index in [9.17, 15) is 9.59 Å². The van der Waals surface area contributed by atoms with Crippen molar-refractivity contribution in [1.82, 2.24) is 0 Å². The standard InChI is InChI=1S/C12H13ClN2O3/c1-18-10-3-2-8(13)5-9(10)15-6-7(12(14)17)4-11(15)16/h2-3,5,7H,4,6H2,1H3,(H2,14,17). The zero-order valence-corrected chi connectivity index (χ0v) is 10.6. The van der Waals surface area contributed by atoms with E-state index in [-0.39, 0.29) is 18.9 Å². The summed E-state index contributed by atoms with van der Waals surface area (Å²) in [5.74, 6) is -0.537. The van der Waals surface area contributed by atoms with Gasteiger partial charge in [0.05, 0.1) is 18.7 Å². The number of halogens is 1. The minimum atomic E-state index is -0.466. The first-order chi connectivity index (χ1) is 8.52. The number of rotatable bonds is 3. The monoisotopic (exact) mass is 268 g/mol. The van der Waals surface area contributed by atoms with Gasteiger partial charge in [0.1, 0.15) is 5.75 Å². The van der Waals surface area contributed by atoms with Gasteiger partial charge in [-0.25, -0.2) is 0 Å². The van der Waals surface area contributed by atoms with Crippen LogP contribution in [0.15, 0.2) is 18.2 Å². The first-order valence-corrected chi connectivity index (χ1v) is 5.84. The van der Waals surface area contributed by atoms with Gasteiger partial charge >= 0.3 is 0 Å². The molecule has 1 aliphatic heterocycles. The Morgan fingerprint density at radius 3 is 2.83 bits per heavy atom. The molecule has 1 aromatic rings. The van der Waals surface area contributed by atoms with Gasteiger partial charge in [-0.3, -0.25) is 9.59 Å². The maximum Gasteiger partial charge on any atom is 0.227 e. The quantitative estimate of drug-likeness (QED) is 0.895. The summed E-state index contributed by atoms with van der Waals surface area (Å²) in [6, 6.07) is 5.00. The average molecular weight is 269 g/mol. The second-order valence-electron chi connectivity index (χ2n) is 4.12. The lowest BCUT2D eigenvalue weighted by atomic mass is 10.1. The van der Waals surface area contributed by atoms with Crippen LogP contribution >= 0.6 is 11.6 Å². The third kappa shape index (κ3) is 2.26. The molecule has 18 heavy (non-hydrogen) atoms. The molecule has 2 amide bonds. The van der Waals surface area contributed by atoms with E-state index in [1.54, 1.807) is 18.2 Å². The number of amides is 2. The number of carbonyl (C=O) groups is 2. The lowest BCUT2D eigenvalue weighted by molar-refractivity contribution is -0.123. The van der Waals surface area contributed by atoms with Crippen molar-refractivity contribution < 1.29 is 14.3 Å². The van der Waals surface area contributed by atoms with Crippen LogP contribution in [0.25, 0.3) is 0 Å². The van der Waals surface area contributed by atoms with E-state index in [4.69, 9.17) is 22.1 Å². The molecule has 5 nitrogen and oxygen atoms in total. The number of primary amides is 1. The van der Waals surface area contributed by atoms with Crippen molar-refractivity contribution in [3.8, 4) is 5.75 Å². The summed E-state index contributed by atoms with van der Waals surface area (Å²) in [6.07, 6.45) is 0.130. The van der Waals surface area contributed by atoms with E-state index >= 15 is 0 Å². The molecule has 0 aliphatic carbocycles. The fourth-order valence-electron chi connectivity index (χ4n) is 2.01. The van der Waals surface area contributed by atoms with Crippen molar-refractivity contribution in [3.63, 3.8) is 0 Å². The Kier molecular flexibility index (Phi) is 3.43. The van der Waals surface area contributed by atoms with Crippen molar-refractivity contribution in [2.24, 2.45) is 11.7 Å². The molecule has 1 aromatic carbocycles. The molecule has 0 radical (unpaired) electrons. The molecule has 1 aliphatic rings. The molecule has 1 heterocycles. The molecule has 6 heteroatoms. The Hall–Kier alpha value is -1.75. The molecule has 2 rings (SSSR count). The molecular weight excluding hydrogens is 256 g/mol. The van der Waals surface area contributed by atoms with Crippen LogP contribution in [-0.4, -0.2) is 25.5 Å². The van der Waals surface area contributed by atoms with Gasteiger partial charge in [0.25, 0.3) is 0 Å². The number of benzene rings is 1. The zero-order valence-electron chi connectivity index (χ0n) is 9.85. The number of anilines is 1. The van der Waals surface area contributed by atoms with E-state index in [0.29, 0.717) is 16.5 Å². The van der Waals surface area contributed by atoms with Crippen molar-refractivity contribution >= 4 is 29.1 Å². The average Bonchev–Trinajstić information content (AvgIpc) is 2.71. The minimum Gasteiger partial charge on any atom is -0.495 e. The second-order valence-corrected chi connectivity index (χ2v) is 4.56. The highest BCUT2D eigenvalue weighted by Gasteiger charge is 2.35. The van der Waals surface area contributed by atoms with Gasteiger partial charge in [-0.2, -0.15) is 0 Å². The number of hydrogen-bond donors (Lipinski definition) is 1. The van der Waals surface area contributed by atoms with Gasteiger partial charge in [0.15, 0.2) is 0 Å². The van der Waals surface area contributed by atoms with Gasteiger partial charge in [0, 0.05) is 18.0 Å². The van der Waals surface area contributed by atoms with E-state index in [2.05, 4.69) is 0 Å². The van der Waals surface area contributed by atoms with E-state index < -0.39 is 11.8 Å². The van der Waals surface area contributed by atoms with Crippen LogP contribution in [0.3, 0.4) is 0 Å². The number of nitrogens with two attached hydrogens (primary N) is 1. The van der Waals surface area contributed by atoms with E-state index in [1.807, 2.05) is 0 Å². The van der Waals surface area contributed by atoms with Crippen LogP contribution in [0.5, 0.6) is 5.75 Å². The van der Waals surface area contributed by atoms with Gasteiger partial charge in [-0.15, -0.1) is 0 Å². The van der Waals surface area contributed by atoms with E-state index in [0.717, 1.165) is 0 Å². The number of ether oxygens (including phenoxy) is 1. The van der Waals surface area contributed by atoms with Crippen molar-refractivity contribution in [2.75, 3.05) is 18.6 Å². The SMILES string of the molecule is COc1ccc(Cl)cc1N1CC(C(N)=O)CC1=O. The van der Waals surface area contributed by atoms with Crippen molar-refractivity contribution in [3.05, 3.63) is 23.2 Å². The lowest BCUT2D eigenvalue weighted by Crippen LogP contribution is -2.28. The summed E-state index contributed by atoms with van der Waals surface area (Å²) < 4.78 is 5.19. The smallest absolute Gasteiger partial charge is 0.227 e. The van der Waals surface area contributed by atoms with Gasteiger partial charge in [-0.05, 0) is 18.2 Å². The maximum atomic E-state index is 11.9. The molecule has 1 saturated heterocycles. The molecule has 0 aromatic heterocycles. The van der Waals surface area contributed by atoms with Gasteiger partial charge < -0.3 is 15.4 Å². The fraction of sp³-hybridized carbons (Fsp3) is 0.333. The molecule has 1 atom stereocenters. The lowest BCUT2D eigenvalue weighted by Gasteiger charge is -2.19. The Morgan fingerprint density at radius 2 is 2.28 bits per heavy atom. The third-order valence-corrected chi connectivity index (χ3v) is 3.19.